The number of nitrogens with one attached hydrogen (secondary N) is 4. The monoisotopic (exact) mass is 755 g/mol. The predicted octanol–water partition coefficient (Wildman–Crippen LogP) is 4.34. The molecule has 0 bridgehead atoms. The highest BCUT2D eigenvalue weighted by Crippen LogP contribution is 2.15. The second-order valence-electron chi connectivity index (χ2n) is 12.2. The number of ether oxygens (including phenoxy) is 1. The molecular weight excluding hydrogens is 721 g/mol. The van der Waals surface area contributed by atoms with Gasteiger partial charge in [-0.1, -0.05) is 59.6 Å². The van der Waals surface area contributed by atoms with Gasteiger partial charge in [-0.05, 0) is 70.8 Å². The van der Waals surface area contributed by atoms with E-state index in [1.807, 2.05) is 30.3 Å². The van der Waals surface area contributed by atoms with Gasteiger partial charge in [0, 0.05) is 53.5 Å². The molecule has 6 aromatic rings. The summed E-state index contributed by atoms with van der Waals surface area (Å²) < 4.78 is 5.37. The zero-order chi connectivity index (χ0) is 37.3. The molecule has 1 aliphatic heterocycles. The minimum atomic E-state index is -0.567. The van der Waals surface area contributed by atoms with E-state index in [2.05, 4.69) is 35.9 Å². The molecule has 4 aromatic carbocycles. The largest absolute Gasteiger partial charge is 0.392 e. The average molecular weight is 757 g/mol. The highest BCUT2D eigenvalue weighted by Gasteiger charge is 2.17. The number of fused-ring (bicyclic) bond motifs is 2. The summed E-state index contributed by atoms with van der Waals surface area (Å²) >= 11 is 11.7. The topological polar surface area (TPSA) is 182 Å². The van der Waals surface area contributed by atoms with E-state index in [4.69, 9.17) is 27.9 Å². The fraction of sp³-hybridized carbons (Fsp3) is 0.211. The van der Waals surface area contributed by atoms with Crippen LogP contribution < -0.4 is 21.5 Å². The zero-order valence-electron chi connectivity index (χ0n) is 28.3. The number of carbonyl (C=O) groups is 2. The van der Waals surface area contributed by atoms with Crippen molar-refractivity contribution < 1.29 is 19.4 Å². The Balaban J connectivity index is 0.000000185. The van der Waals surface area contributed by atoms with Crippen molar-refractivity contribution in [1.82, 2.24) is 35.9 Å². The lowest BCUT2D eigenvalue weighted by molar-refractivity contribution is 0.0342. The molecule has 0 saturated carbocycles. The Morgan fingerprint density at radius 2 is 1.11 bits per heavy atom. The Hall–Kier alpha value is -5.44. The Morgan fingerprint density at radius 3 is 1.58 bits per heavy atom. The minimum Gasteiger partial charge on any atom is -0.392 e. The lowest BCUT2D eigenvalue weighted by Gasteiger charge is -2.26. The van der Waals surface area contributed by atoms with Crippen LogP contribution in [-0.2, 0) is 31.0 Å². The third-order valence-corrected chi connectivity index (χ3v) is 9.02. The van der Waals surface area contributed by atoms with Gasteiger partial charge < -0.3 is 20.5 Å². The van der Waals surface area contributed by atoms with Crippen molar-refractivity contribution >= 4 is 56.8 Å². The Morgan fingerprint density at radius 1 is 0.679 bits per heavy atom. The van der Waals surface area contributed by atoms with Crippen LogP contribution in [0.1, 0.15) is 43.2 Å². The van der Waals surface area contributed by atoms with Crippen LogP contribution in [0.5, 0.6) is 0 Å². The Labute approximate surface area is 312 Å². The Bertz CT molecular complexity index is 2360. The summed E-state index contributed by atoms with van der Waals surface area (Å²) in [5, 5.41) is 29.9. The molecular formula is C38H35Cl2N7O6. The van der Waals surface area contributed by atoms with Crippen LogP contribution in [0.25, 0.3) is 21.8 Å². The first kappa shape index (κ1) is 37.3. The molecule has 1 fully saturated rings. The van der Waals surface area contributed by atoms with Crippen LogP contribution in [0, 0.1) is 0 Å². The SMILES string of the molecule is O=C(NCc1ccc(Cl)cc1)c1n[nH]c2ccc(CN3CCOCC3)cc2c1=O.O=C(NCc1ccc(Cl)cc1)c1n[nH]c2ccc(CO)cc2c1=O. The van der Waals surface area contributed by atoms with Crippen molar-refractivity contribution in [2.75, 3.05) is 26.3 Å². The third-order valence-electron chi connectivity index (χ3n) is 8.52. The second kappa shape index (κ2) is 17.4. The highest BCUT2D eigenvalue weighted by molar-refractivity contribution is 6.30. The molecule has 2 aromatic heterocycles. The first-order chi connectivity index (χ1) is 25.7. The van der Waals surface area contributed by atoms with E-state index in [1.54, 1.807) is 54.6 Å². The van der Waals surface area contributed by atoms with Crippen molar-refractivity contribution in [2.24, 2.45) is 0 Å². The lowest BCUT2D eigenvalue weighted by atomic mass is 10.1. The molecule has 1 aliphatic rings. The third kappa shape index (κ3) is 9.52. The first-order valence-corrected chi connectivity index (χ1v) is 17.4. The summed E-state index contributed by atoms with van der Waals surface area (Å²) in [4.78, 5) is 52.3. The molecule has 5 N–H and O–H groups in total. The number of hydrogen-bond donors (Lipinski definition) is 5. The molecule has 0 aliphatic carbocycles. The lowest BCUT2D eigenvalue weighted by Crippen LogP contribution is -2.35. The van der Waals surface area contributed by atoms with Gasteiger partial charge in [0.15, 0.2) is 11.4 Å². The molecule has 53 heavy (non-hydrogen) atoms. The number of rotatable bonds is 9. The number of hydrogen-bond acceptors (Lipinski definition) is 9. The van der Waals surface area contributed by atoms with Crippen molar-refractivity contribution in [3.63, 3.8) is 0 Å². The number of carbonyl (C=O) groups excluding carboxylic acids is 2. The van der Waals surface area contributed by atoms with Crippen molar-refractivity contribution in [1.29, 1.82) is 0 Å². The maximum absolute atomic E-state index is 12.9. The normalized spacial score (nSPS) is 13.0. The fourth-order valence-corrected chi connectivity index (χ4v) is 5.85. The Kier molecular flexibility index (Phi) is 12.2. The van der Waals surface area contributed by atoms with Crippen LogP contribution in [0.2, 0.25) is 10.0 Å². The standard InChI is InChI=1S/C21H21ClN4O3.C17H14ClN3O3/c22-16-4-1-14(2-5-16)12-23-21(28)19-20(27)17-11-15(3-6-18(17)24-25-19)13-26-7-9-29-10-8-26;18-12-4-1-10(2-5-12)8-19-17(24)15-16(23)13-7-11(9-22)3-6-14(13)20-21-15/h1-6,11H,7-10,12-13H2,(H,23,28)(H,24,27);1-7,22H,8-9H2,(H,19,24)(H,20,23). The number of halogens is 2. The number of aliphatic hydroxyl groups is 1. The number of morpholine rings is 1. The number of H-pyrrole nitrogens is 2. The van der Waals surface area contributed by atoms with Crippen molar-refractivity contribution in [2.45, 2.75) is 26.2 Å². The van der Waals surface area contributed by atoms with E-state index in [-0.39, 0.29) is 36.5 Å². The molecule has 2 amide bonds. The second-order valence-corrected chi connectivity index (χ2v) is 13.1. The molecule has 0 radical (unpaired) electrons. The van der Waals surface area contributed by atoms with Crippen molar-refractivity contribution in [3.8, 4) is 0 Å². The summed E-state index contributed by atoms with van der Waals surface area (Å²) in [5.74, 6) is -1.08. The van der Waals surface area contributed by atoms with Crippen LogP contribution in [0.4, 0.5) is 0 Å². The van der Waals surface area contributed by atoms with E-state index < -0.39 is 17.2 Å². The van der Waals surface area contributed by atoms with Gasteiger partial charge in [0.1, 0.15) is 0 Å². The van der Waals surface area contributed by atoms with Gasteiger partial charge in [0.05, 0.1) is 30.9 Å². The number of nitrogens with zero attached hydrogens (tertiary/aromatic N) is 3. The first-order valence-electron chi connectivity index (χ1n) is 16.7. The highest BCUT2D eigenvalue weighted by atomic mass is 35.5. The van der Waals surface area contributed by atoms with Crippen LogP contribution in [0.15, 0.2) is 94.5 Å². The summed E-state index contributed by atoms with van der Waals surface area (Å²) in [6.45, 7) is 4.26. The van der Waals surface area contributed by atoms with Crippen LogP contribution >= 0.6 is 23.2 Å². The fourth-order valence-electron chi connectivity index (χ4n) is 5.60. The molecule has 7 rings (SSSR count). The average Bonchev–Trinajstić information content (AvgIpc) is 3.18. The van der Waals surface area contributed by atoms with E-state index >= 15 is 0 Å². The van der Waals surface area contributed by atoms with Gasteiger partial charge in [-0.3, -0.25) is 34.3 Å². The quantitative estimate of drug-likeness (QED) is 0.143. The predicted molar refractivity (Wildman–Crippen MR) is 202 cm³/mol. The molecule has 3 heterocycles. The van der Waals surface area contributed by atoms with E-state index in [0.717, 1.165) is 49.5 Å². The van der Waals surface area contributed by atoms with Crippen molar-refractivity contribution in [3.05, 3.63) is 149 Å². The minimum absolute atomic E-state index is 0.144. The van der Waals surface area contributed by atoms with Crippen LogP contribution in [-0.4, -0.2) is 68.5 Å². The van der Waals surface area contributed by atoms with Gasteiger partial charge in [-0.2, -0.15) is 10.2 Å². The molecule has 15 heteroatoms. The number of benzene rings is 4. The van der Waals surface area contributed by atoms with Gasteiger partial charge in [0.25, 0.3) is 11.8 Å². The van der Waals surface area contributed by atoms with Gasteiger partial charge in [-0.15, -0.1) is 0 Å². The number of aliphatic hydroxyl groups excluding tert-OH is 1. The molecule has 0 unspecified atom stereocenters. The molecule has 13 nitrogen and oxygen atoms in total. The number of aromatic amines is 2. The molecule has 272 valence electrons. The summed E-state index contributed by atoms with van der Waals surface area (Å²) in [6.07, 6.45) is 0. The molecule has 0 atom stereocenters. The maximum atomic E-state index is 12.9. The van der Waals surface area contributed by atoms with Gasteiger partial charge in [-0.25, -0.2) is 0 Å². The maximum Gasteiger partial charge on any atom is 0.276 e. The van der Waals surface area contributed by atoms with Gasteiger partial charge >= 0.3 is 0 Å². The number of aromatic nitrogens is 4. The van der Waals surface area contributed by atoms with Crippen LogP contribution in [0.3, 0.4) is 0 Å². The van der Waals surface area contributed by atoms with E-state index in [0.29, 0.717) is 37.4 Å². The van der Waals surface area contributed by atoms with E-state index in [1.165, 1.54) is 0 Å². The molecule has 1 saturated heterocycles. The van der Waals surface area contributed by atoms with Gasteiger partial charge in [0.2, 0.25) is 10.9 Å². The number of amides is 2. The summed E-state index contributed by atoms with van der Waals surface area (Å²) in [5.41, 5.74) is 3.24. The smallest absolute Gasteiger partial charge is 0.276 e. The summed E-state index contributed by atoms with van der Waals surface area (Å²) in [7, 11) is 0. The van der Waals surface area contributed by atoms with E-state index in [9.17, 15) is 24.3 Å². The zero-order valence-corrected chi connectivity index (χ0v) is 29.8. The summed E-state index contributed by atoms with van der Waals surface area (Å²) in [6, 6.07) is 24.7. The molecule has 0 spiro atoms.